The molecule has 2 rings (SSSR count). The van der Waals surface area contributed by atoms with Crippen LogP contribution in [0.2, 0.25) is 0 Å². The molecule has 0 aliphatic rings. The van der Waals surface area contributed by atoms with Gasteiger partial charge in [-0.3, -0.25) is 0 Å². The van der Waals surface area contributed by atoms with Gasteiger partial charge in [0.25, 0.3) is 0 Å². The molecular weight excluding hydrogens is 248 g/mol. The number of aryl methyl sites for hydroxylation is 1. The third kappa shape index (κ3) is 3.17. The van der Waals surface area contributed by atoms with Gasteiger partial charge < -0.3 is 10.3 Å². The van der Waals surface area contributed by atoms with E-state index in [4.69, 9.17) is 11.0 Å². The highest BCUT2D eigenvalue weighted by atomic mass is 15.0. The average molecular weight is 270 g/mol. The first kappa shape index (κ1) is 14.5. The molecule has 0 aliphatic carbocycles. The molecular formula is C16H22N4. The molecule has 0 aliphatic heterocycles. The molecule has 0 saturated carbocycles. The van der Waals surface area contributed by atoms with Crippen LogP contribution in [0.25, 0.3) is 11.0 Å². The Hall–Kier alpha value is -1.86. The lowest BCUT2D eigenvalue weighted by Gasteiger charge is -2.15. The van der Waals surface area contributed by atoms with Gasteiger partial charge in [-0.2, -0.15) is 5.26 Å². The molecule has 0 bridgehead atoms. The molecule has 0 aromatic carbocycles. The summed E-state index contributed by atoms with van der Waals surface area (Å²) in [6, 6.07) is 6.52. The Morgan fingerprint density at radius 3 is 2.90 bits per heavy atom. The number of hydrogen-bond acceptors (Lipinski definition) is 3. The van der Waals surface area contributed by atoms with E-state index in [0.717, 1.165) is 25.0 Å². The van der Waals surface area contributed by atoms with Crippen LogP contribution in [-0.4, -0.2) is 15.6 Å². The van der Waals surface area contributed by atoms with Crippen molar-refractivity contribution in [3.05, 3.63) is 30.1 Å². The Labute approximate surface area is 120 Å². The number of pyridine rings is 1. The number of aromatic nitrogens is 2. The van der Waals surface area contributed by atoms with Gasteiger partial charge in [0.15, 0.2) is 0 Å². The second-order valence-corrected chi connectivity index (χ2v) is 6.15. The minimum Gasteiger partial charge on any atom is -0.332 e. The standard InChI is InChI=1S/C16H22N4/c1-12(18)9-13-10-20(8-6-16(2,3)11-17)15-14(13)5-4-7-19-15/h4-5,7,10,12H,6,8-9,18H2,1-3H3. The van der Waals surface area contributed by atoms with E-state index in [0.29, 0.717) is 0 Å². The van der Waals surface area contributed by atoms with E-state index in [9.17, 15) is 0 Å². The molecule has 2 aromatic rings. The van der Waals surface area contributed by atoms with Gasteiger partial charge in [0.05, 0.1) is 11.5 Å². The van der Waals surface area contributed by atoms with Crippen LogP contribution in [0.15, 0.2) is 24.5 Å². The maximum Gasteiger partial charge on any atom is 0.140 e. The van der Waals surface area contributed by atoms with Gasteiger partial charge in [-0.05, 0) is 51.3 Å². The zero-order valence-corrected chi connectivity index (χ0v) is 12.4. The van der Waals surface area contributed by atoms with E-state index < -0.39 is 0 Å². The number of rotatable bonds is 5. The van der Waals surface area contributed by atoms with Crippen LogP contribution in [0, 0.1) is 16.7 Å². The molecule has 106 valence electrons. The van der Waals surface area contributed by atoms with Gasteiger partial charge in [-0.15, -0.1) is 0 Å². The Balaban J connectivity index is 2.32. The SMILES string of the molecule is CC(N)Cc1cn(CCC(C)(C)C#N)c2ncccc12. The highest BCUT2D eigenvalue weighted by Gasteiger charge is 2.18. The lowest BCUT2D eigenvalue weighted by molar-refractivity contribution is 0.416. The molecule has 4 nitrogen and oxygen atoms in total. The van der Waals surface area contributed by atoms with Crippen molar-refractivity contribution in [2.75, 3.05) is 0 Å². The quantitative estimate of drug-likeness (QED) is 0.908. The molecule has 1 atom stereocenters. The van der Waals surface area contributed by atoms with Gasteiger partial charge in [-0.1, -0.05) is 0 Å². The fraction of sp³-hybridized carbons (Fsp3) is 0.500. The van der Waals surface area contributed by atoms with Gasteiger partial charge in [0.2, 0.25) is 0 Å². The second-order valence-electron chi connectivity index (χ2n) is 6.15. The molecule has 0 radical (unpaired) electrons. The smallest absolute Gasteiger partial charge is 0.140 e. The van der Waals surface area contributed by atoms with Crippen LogP contribution in [0.5, 0.6) is 0 Å². The second kappa shape index (κ2) is 5.64. The number of nitriles is 1. The summed E-state index contributed by atoms with van der Waals surface area (Å²) in [4.78, 5) is 4.47. The Morgan fingerprint density at radius 1 is 1.50 bits per heavy atom. The van der Waals surface area contributed by atoms with E-state index in [1.54, 1.807) is 0 Å². The molecule has 4 heteroatoms. The molecule has 0 saturated heterocycles. The summed E-state index contributed by atoms with van der Waals surface area (Å²) < 4.78 is 2.14. The van der Waals surface area contributed by atoms with Gasteiger partial charge in [0.1, 0.15) is 5.65 Å². The first-order valence-electron chi connectivity index (χ1n) is 7.02. The Kier molecular flexibility index (Phi) is 4.10. The van der Waals surface area contributed by atoms with E-state index in [1.165, 1.54) is 10.9 Å². The zero-order valence-electron chi connectivity index (χ0n) is 12.4. The van der Waals surface area contributed by atoms with Crippen LogP contribution >= 0.6 is 0 Å². The third-order valence-corrected chi connectivity index (χ3v) is 3.54. The van der Waals surface area contributed by atoms with Crippen LogP contribution in [0.1, 0.15) is 32.8 Å². The maximum atomic E-state index is 9.12. The highest BCUT2D eigenvalue weighted by molar-refractivity contribution is 5.80. The van der Waals surface area contributed by atoms with Crippen molar-refractivity contribution in [2.24, 2.45) is 11.1 Å². The lowest BCUT2D eigenvalue weighted by atomic mass is 9.91. The minimum atomic E-state index is -0.313. The molecule has 2 N–H and O–H groups in total. The first-order valence-corrected chi connectivity index (χ1v) is 7.02. The van der Waals surface area contributed by atoms with Crippen LogP contribution in [-0.2, 0) is 13.0 Å². The average Bonchev–Trinajstić information content (AvgIpc) is 2.75. The van der Waals surface area contributed by atoms with Crippen molar-refractivity contribution in [3.8, 4) is 6.07 Å². The van der Waals surface area contributed by atoms with Gasteiger partial charge in [-0.25, -0.2) is 4.98 Å². The van der Waals surface area contributed by atoms with E-state index in [-0.39, 0.29) is 11.5 Å². The van der Waals surface area contributed by atoms with Crippen molar-refractivity contribution in [1.29, 1.82) is 5.26 Å². The lowest BCUT2D eigenvalue weighted by Crippen LogP contribution is -2.17. The number of hydrogen-bond donors (Lipinski definition) is 1. The molecule has 2 aromatic heterocycles. The van der Waals surface area contributed by atoms with E-state index >= 15 is 0 Å². The Bertz CT molecular complexity index is 631. The third-order valence-electron chi connectivity index (χ3n) is 3.54. The molecule has 0 fully saturated rings. The van der Waals surface area contributed by atoms with Crippen molar-refractivity contribution < 1.29 is 0 Å². The summed E-state index contributed by atoms with van der Waals surface area (Å²) in [5.74, 6) is 0. The Morgan fingerprint density at radius 2 is 2.25 bits per heavy atom. The summed E-state index contributed by atoms with van der Waals surface area (Å²) in [7, 11) is 0. The van der Waals surface area contributed by atoms with Crippen molar-refractivity contribution in [1.82, 2.24) is 9.55 Å². The van der Waals surface area contributed by atoms with Crippen LogP contribution < -0.4 is 5.73 Å². The summed E-state index contributed by atoms with van der Waals surface area (Å²) in [6.07, 6.45) is 5.59. The summed E-state index contributed by atoms with van der Waals surface area (Å²) in [5.41, 5.74) is 7.82. The number of nitrogens with zero attached hydrogens (tertiary/aromatic N) is 3. The normalized spacial score (nSPS) is 13.3. The largest absolute Gasteiger partial charge is 0.332 e. The molecule has 0 spiro atoms. The fourth-order valence-corrected chi connectivity index (χ4v) is 2.33. The van der Waals surface area contributed by atoms with Crippen molar-refractivity contribution in [3.63, 3.8) is 0 Å². The van der Waals surface area contributed by atoms with Gasteiger partial charge in [0, 0.05) is 30.4 Å². The molecule has 20 heavy (non-hydrogen) atoms. The summed E-state index contributed by atoms with van der Waals surface area (Å²) in [5, 5.41) is 10.3. The topological polar surface area (TPSA) is 67.6 Å². The van der Waals surface area contributed by atoms with E-state index in [2.05, 4.69) is 27.9 Å². The summed E-state index contributed by atoms with van der Waals surface area (Å²) in [6.45, 7) is 6.75. The zero-order chi connectivity index (χ0) is 14.8. The number of fused-ring (bicyclic) bond motifs is 1. The minimum absolute atomic E-state index is 0.129. The highest BCUT2D eigenvalue weighted by Crippen LogP contribution is 2.24. The van der Waals surface area contributed by atoms with Crippen molar-refractivity contribution >= 4 is 11.0 Å². The molecule has 0 amide bonds. The molecule has 2 heterocycles. The van der Waals surface area contributed by atoms with Crippen LogP contribution in [0.3, 0.4) is 0 Å². The van der Waals surface area contributed by atoms with Crippen LogP contribution in [0.4, 0.5) is 0 Å². The number of nitrogens with two attached hydrogens (primary N) is 1. The predicted molar refractivity (Wildman–Crippen MR) is 81.1 cm³/mol. The van der Waals surface area contributed by atoms with Gasteiger partial charge >= 0.3 is 0 Å². The monoisotopic (exact) mass is 270 g/mol. The fourth-order valence-electron chi connectivity index (χ4n) is 2.33. The van der Waals surface area contributed by atoms with Crippen molar-refractivity contribution in [2.45, 2.75) is 46.2 Å². The maximum absolute atomic E-state index is 9.12. The summed E-state index contributed by atoms with van der Waals surface area (Å²) >= 11 is 0. The van der Waals surface area contributed by atoms with E-state index in [1.807, 2.05) is 33.0 Å². The first-order chi connectivity index (χ1) is 9.43. The molecule has 1 unspecified atom stereocenters. The predicted octanol–water partition coefficient (Wildman–Crippen LogP) is 2.87.